The molecule has 0 radical (unpaired) electrons. The molecule has 4 aromatic rings. The molecule has 2 amide bonds. The smallest absolute Gasteiger partial charge is 0.405 e. The van der Waals surface area contributed by atoms with Crippen molar-refractivity contribution in [3.63, 3.8) is 0 Å². The van der Waals surface area contributed by atoms with E-state index < -0.39 is 11.7 Å². The van der Waals surface area contributed by atoms with Gasteiger partial charge in [-0.1, -0.05) is 24.3 Å². The maximum Gasteiger partial charge on any atom is 0.405 e. The summed E-state index contributed by atoms with van der Waals surface area (Å²) in [5, 5.41) is 5.18. The number of rotatable bonds is 5. The number of benzene rings is 2. The Balaban J connectivity index is 0.000000350. The van der Waals surface area contributed by atoms with Gasteiger partial charge in [-0.15, -0.1) is 0 Å². The van der Waals surface area contributed by atoms with Crippen LogP contribution in [-0.4, -0.2) is 38.8 Å². The number of aromatic nitrogens is 3. The van der Waals surface area contributed by atoms with Crippen molar-refractivity contribution in [1.29, 1.82) is 0 Å². The third-order valence-electron chi connectivity index (χ3n) is 4.60. The van der Waals surface area contributed by atoms with Gasteiger partial charge in [0.1, 0.15) is 5.60 Å². The van der Waals surface area contributed by atoms with Crippen molar-refractivity contribution in [2.75, 3.05) is 0 Å². The minimum absolute atomic E-state index is 0.118. The fourth-order valence-electron chi connectivity index (χ4n) is 3.18. The first kappa shape index (κ1) is 24.4. The van der Waals surface area contributed by atoms with Crippen LogP contribution in [0, 0.1) is 0 Å². The fourth-order valence-corrected chi connectivity index (χ4v) is 3.18. The molecule has 34 heavy (non-hydrogen) atoms. The molecule has 9 nitrogen and oxygen atoms in total. The number of primary amides is 1. The van der Waals surface area contributed by atoms with Crippen molar-refractivity contribution in [2.45, 2.75) is 39.2 Å². The molecular weight excluding hydrogens is 432 g/mol. The Morgan fingerprint density at radius 3 is 2.56 bits per heavy atom. The van der Waals surface area contributed by atoms with E-state index >= 15 is 0 Å². The van der Waals surface area contributed by atoms with Gasteiger partial charge in [-0.25, -0.2) is 10.2 Å². The number of hydrogen-bond donors (Lipinski definition) is 3. The van der Waals surface area contributed by atoms with Crippen LogP contribution in [0.15, 0.2) is 66.2 Å². The SMILES string of the molecule is CC(C)(C)OC(N)=O.O=C(CCc1c[nH]c2ccccc12)N/N=C/c1ccc2nccnc2c1. The summed E-state index contributed by atoms with van der Waals surface area (Å²) in [4.78, 5) is 33.7. The number of nitrogens with one attached hydrogen (secondary N) is 2. The van der Waals surface area contributed by atoms with Crippen LogP contribution in [0.2, 0.25) is 0 Å². The molecule has 0 aliphatic heterocycles. The largest absolute Gasteiger partial charge is 0.444 e. The topological polar surface area (TPSA) is 135 Å². The van der Waals surface area contributed by atoms with Gasteiger partial charge < -0.3 is 15.5 Å². The zero-order valence-electron chi connectivity index (χ0n) is 19.4. The summed E-state index contributed by atoms with van der Waals surface area (Å²) in [5.41, 5.74) is 11.5. The molecular formula is C25H28N6O3. The van der Waals surface area contributed by atoms with Gasteiger partial charge in [0, 0.05) is 35.9 Å². The summed E-state index contributed by atoms with van der Waals surface area (Å²) in [7, 11) is 0. The van der Waals surface area contributed by atoms with Gasteiger partial charge in [-0.2, -0.15) is 5.10 Å². The van der Waals surface area contributed by atoms with E-state index in [1.807, 2.05) is 42.6 Å². The van der Waals surface area contributed by atoms with Gasteiger partial charge in [-0.05, 0) is 56.5 Å². The second-order valence-corrected chi connectivity index (χ2v) is 8.49. The quantitative estimate of drug-likeness (QED) is 0.305. The minimum Gasteiger partial charge on any atom is -0.444 e. The lowest BCUT2D eigenvalue weighted by molar-refractivity contribution is -0.121. The zero-order chi connectivity index (χ0) is 24.6. The first-order valence-corrected chi connectivity index (χ1v) is 10.8. The van der Waals surface area contributed by atoms with Crippen LogP contribution >= 0.6 is 0 Å². The predicted octanol–water partition coefficient (Wildman–Crippen LogP) is 4.07. The summed E-state index contributed by atoms with van der Waals surface area (Å²) < 4.78 is 4.58. The number of carbonyl (C=O) groups is 2. The highest BCUT2D eigenvalue weighted by Crippen LogP contribution is 2.18. The Bertz CT molecular complexity index is 1310. The number of hydrogen-bond acceptors (Lipinski definition) is 6. The van der Waals surface area contributed by atoms with Crippen molar-refractivity contribution in [1.82, 2.24) is 20.4 Å². The van der Waals surface area contributed by atoms with Gasteiger partial charge >= 0.3 is 6.09 Å². The second kappa shape index (κ2) is 11.0. The Hall–Kier alpha value is -4.27. The van der Waals surface area contributed by atoms with E-state index in [0.717, 1.165) is 33.1 Å². The summed E-state index contributed by atoms with van der Waals surface area (Å²) in [5.74, 6) is -0.118. The van der Waals surface area contributed by atoms with Gasteiger partial charge in [0.2, 0.25) is 5.91 Å². The number of amides is 2. The molecule has 0 atom stereocenters. The van der Waals surface area contributed by atoms with Crippen LogP contribution in [0.4, 0.5) is 4.79 Å². The van der Waals surface area contributed by atoms with Gasteiger partial charge in [0.25, 0.3) is 0 Å². The number of hydrazone groups is 1. The third kappa shape index (κ3) is 7.40. The highest BCUT2D eigenvalue weighted by Gasteiger charge is 2.12. The summed E-state index contributed by atoms with van der Waals surface area (Å²) in [6.07, 6.45) is 7.19. The molecule has 0 bridgehead atoms. The van der Waals surface area contributed by atoms with Gasteiger partial charge in [0.05, 0.1) is 17.2 Å². The predicted molar refractivity (Wildman–Crippen MR) is 132 cm³/mol. The third-order valence-corrected chi connectivity index (χ3v) is 4.60. The van der Waals surface area contributed by atoms with Crippen LogP contribution in [0.5, 0.6) is 0 Å². The Labute approximate surface area is 197 Å². The van der Waals surface area contributed by atoms with Crippen molar-refractivity contribution in [3.05, 3.63) is 72.2 Å². The molecule has 2 heterocycles. The van der Waals surface area contributed by atoms with Crippen LogP contribution in [0.25, 0.3) is 21.9 Å². The second-order valence-electron chi connectivity index (χ2n) is 8.49. The van der Waals surface area contributed by atoms with Crippen LogP contribution in [-0.2, 0) is 16.0 Å². The molecule has 176 valence electrons. The molecule has 4 N–H and O–H groups in total. The number of nitrogens with two attached hydrogens (primary N) is 1. The zero-order valence-corrected chi connectivity index (χ0v) is 19.4. The molecule has 0 aliphatic carbocycles. The highest BCUT2D eigenvalue weighted by molar-refractivity contribution is 5.88. The summed E-state index contributed by atoms with van der Waals surface area (Å²) in [6, 6.07) is 13.7. The highest BCUT2D eigenvalue weighted by atomic mass is 16.6. The summed E-state index contributed by atoms with van der Waals surface area (Å²) >= 11 is 0. The van der Waals surface area contributed by atoms with E-state index in [0.29, 0.717) is 12.8 Å². The standard InChI is InChI=1S/C20H17N5O.C5H11NO2/c26-20(8-6-15-13-23-17-4-2-1-3-16(15)17)25-24-12-14-5-7-18-19(11-14)22-10-9-21-18;1-5(2,3)8-4(6)7/h1-5,7,9-13,23H,6,8H2,(H,25,26);1-3H3,(H2,6,7)/b24-12+;. The molecule has 0 aliphatic rings. The Morgan fingerprint density at radius 1 is 1.12 bits per heavy atom. The van der Waals surface area contributed by atoms with E-state index in [2.05, 4.69) is 36.3 Å². The van der Waals surface area contributed by atoms with E-state index in [-0.39, 0.29) is 5.91 Å². The van der Waals surface area contributed by atoms with Gasteiger partial charge in [-0.3, -0.25) is 14.8 Å². The van der Waals surface area contributed by atoms with Crippen LogP contribution in [0.1, 0.15) is 38.3 Å². The molecule has 0 fully saturated rings. The number of aromatic amines is 1. The Morgan fingerprint density at radius 2 is 1.85 bits per heavy atom. The van der Waals surface area contributed by atoms with Crippen molar-refractivity contribution >= 4 is 40.2 Å². The maximum atomic E-state index is 12.0. The number of para-hydroxylation sites is 1. The lowest BCUT2D eigenvalue weighted by Crippen LogP contribution is -2.27. The molecule has 0 spiro atoms. The summed E-state index contributed by atoms with van der Waals surface area (Å²) in [6.45, 7) is 5.28. The molecule has 2 aromatic heterocycles. The normalized spacial score (nSPS) is 11.3. The van der Waals surface area contributed by atoms with E-state index in [4.69, 9.17) is 5.73 Å². The van der Waals surface area contributed by atoms with E-state index in [1.54, 1.807) is 39.4 Å². The number of fused-ring (bicyclic) bond motifs is 2. The molecule has 0 unspecified atom stereocenters. The molecule has 0 saturated heterocycles. The minimum atomic E-state index is -0.725. The molecule has 9 heteroatoms. The van der Waals surface area contributed by atoms with Crippen LogP contribution < -0.4 is 11.2 Å². The van der Waals surface area contributed by atoms with Crippen molar-refractivity contribution in [3.8, 4) is 0 Å². The van der Waals surface area contributed by atoms with E-state index in [9.17, 15) is 9.59 Å². The van der Waals surface area contributed by atoms with Crippen molar-refractivity contribution < 1.29 is 14.3 Å². The lowest BCUT2D eigenvalue weighted by atomic mass is 10.1. The number of ether oxygens (including phenoxy) is 1. The molecule has 0 saturated carbocycles. The first-order valence-electron chi connectivity index (χ1n) is 10.8. The van der Waals surface area contributed by atoms with E-state index in [1.165, 1.54) is 0 Å². The number of aryl methyl sites for hydroxylation is 1. The average molecular weight is 461 g/mol. The number of H-pyrrole nitrogens is 1. The monoisotopic (exact) mass is 460 g/mol. The van der Waals surface area contributed by atoms with Gasteiger partial charge in [0.15, 0.2) is 0 Å². The lowest BCUT2D eigenvalue weighted by Gasteiger charge is -2.16. The average Bonchev–Trinajstić information content (AvgIpc) is 3.19. The van der Waals surface area contributed by atoms with Crippen molar-refractivity contribution in [2.24, 2.45) is 10.8 Å². The first-order chi connectivity index (χ1) is 16.2. The Kier molecular flexibility index (Phi) is 7.92. The fraction of sp³-hybridized carbons (Fsp3) is 0.240. The molecule has 4 rings (SSSR count). The number of carbonyl (C=O) groups excluding carboxylic acids is 2. The number of nitrogens with zero attached hydrogens (tertiary/aromatic N) is 3. The van der Waals surface area contributed by atoms with Crippen LogP contribution in [0.3, 0.4) is 0 Å². The molecule has 2 aromatic carbocycles. The maximum absolute atomic E-state index is 12.0.